The Kier molecular flexibility index (Phi) is 7.83. The Hall–Kier alpha value is -2.34. The molecule has 1 aromatic heterocycles. The molecule has 0 aliphatic heterocycles. The van der Waals surface area contributed by atoms with Crippen molar-refractivity contribution in [3.05, 3.63) is 52.9 Å². The molecule has 2 rings (SSSR count). The molecule has 0 N–H and O–H groups in total. The van der Waals surface area contributed by atoms with E-state index in [1.54, 1.807) is 32.7 Å². The summed E-state index contributed by atoms with van der Waals surface area (Å²) in [4.78, 5) is 19.0. The molecule has 0 unspecified atom stereocenters. The molecular formula is C17H21FN2O3. The van der Waals surface area contributed by atoms with Crippen LogP contribution in [-0.2, 0) is 17.6 Å². The molecule has 0 radical (unpaired) electrons. The second-order valence-corrected chi connectivity index (χ2v) is 4.86. The zero-order valence-electron chi connectivity index (χ0n) is 13.8. The number of nitrogens with zero attached hydrogens (tertiary/aromatic N) is 2. The van der Waals surface area contributed by atoms with Gasteiger partial charge in [-0.15, -0.1) is 0 Å². The van der Waals surface area contributed by atoms with Gasteiger partial charge in [-0.1, -0.05) is 0 Å². The highest BCUT2D eigenvalue weighted by Gasteiger charge is 2.11. The molecular weight excluding hydrogens is 299 g/mol. The number of rotatable bonds is 5. The van der Waals surface area contributed by atoms with Gasteiger partial charge in [0.15, 0.2) is 11.6 Å². The molecule has 0 fully saturated rings. The van der Waals surface area contributed by atoms with Crippen molar-refractivity contribution < 1.29 is 18.7 Å². The average Bonchev–Trinajstić information content (AvgIpc) is 2.56. The number of halogens is 1. The molecule has 0 amide bonds. The minimum atomic E-state index is -0.425. The van der Waals surface area contributed by atoms with Crippen molar-refractivity contribution in [1.82, 2.24) is 9.97 Å². The number of aromatic nitrogens is 2. The van der Waals surface area contributed by atoms with Crippen molar-refractivity contribution in [3.63, 3.8) is 0 Å². The topological polar surface area (TPSA) is 61.3 Å². The summed E-state index contributed by atoms with van der Waals surface area (Å²) in [5, 5.41) is 0. The Balaban J connectivity index is 0.000000816. The molecule has 1 heterocycles. The summed E-state index contributed by atoms with van der Waals surface area (Å²) in [6, 6.07) is 2.93. The number of carbonyl (C=O) groups excluding carboxylic acids is 1. The first-order valence-corrected chi connectivity index (χ1v) is 7.04. The van der Waals surface area contributed by atoms with Crippen LogP contribution in [0.5, 0.6) is 5.75 Å². The van der Waals surface area contributed by atoms with Crippen LogP contribution in [0.25, 0.3) is 0 Å². The second kappa shape index (κ2) is 9.63. The van der Waals surface area contributed by atoms with Gasteiger partial charge in [-0.25, -0.2) is 14.4 Å². The van der Waals surface area contributed by atoms with E-state index in [0.717, 1.165) is 5.56 Å². The monoisotopic (exact) mass is 320 g/mol. The standard InChI is InChI=1S/C15H15FN2O2.C2H6O/c1-10-17-7-11(8-18-10)3-4-13-5-12(9-19)6-14(20-2)15(13)16;1-3-2/h5-9H,3-4H2,1-2H3;1-2H3. The Bertz CT molecular complexity index is 630. The lowest BCUT2D eigenvalue weighted by molar-refractivity contribution is 0.112. The highest BCUT2D eigenvalue weighted by Crippen LogP contribution is 2.23. The fourth-order valence-electron chi connectivity index (χ4n) is 1.91. The number of ether oxygens (including phenoxy) is 2. The highest BCUT2D eigenvalue weighted by molar-refractivity contribution is 5.76. The second-order valence-electron chi connectivity index (χ2n) is 4.86. The third-order valence-corrected chi connectivity index (χ3v) is 3.01. The molecule has 0 saturated heterocycles. The minimum absolute atomic E-state index is 0.0877. The summed E-state index contributed by atoms with van der Waals surface area (Å²) in [6.45, 7) is 1.81. The van der Waals surface area contributed by atoms with E-state index >= 15 is 0 Å². The summed E-state index contributed by atoms with van der Waals surface area (Å²) >= 11 is 0. The van der Waals surface area contributed by atoms with Crippen LogP contribution in [0.15, 0.2) is 24.5 Å². The SMILES string of the molecule is COC.COc1cc(C=O)cc(CCc2cnc(C)nc2)c1F. The molecule has 0 atom stereocenters. The number of hydrogen-bond acceptors (Lipinski definition) is 5. The van der Waals surface area contributed by atoms with E-state index < -0.39 is 5.82 Å². The lowest BCUT2D eigenvalue weighted by Gasteiger charge is -2.09. The predicted molar refractivity (Wildman–Crippen MR) is 85.4 cm³/mol. The molecule has 2 aromatic rings. The van der Waals surface area contributed by atoms with Gasteiger partial charge in [-0.2, -0.15) is 0 Å². The fourth-order valence-corrected chi connectivity index (χ4v) is 1.91. The van der Waals surface area contributed by atoms with Gasteiger partial charge in [0.25, 0.3) is 0 Å². The van der Waals surface area contributed by atoms with Crippen molar-refractivity contribution in [1.29, 1.82) is 0 Å². The van der Waals surface area contributed by atoms with E-state index in [2.05, 4.69) is 14.7 Å². The number of hydrogen-bond donors (Lipinski definition) is 0. The van der Waals surface area contributed by atoms with Crippen LogP contribution in [0.1, 0.15) is 27.3 Å². The maximum atomic E-state index is 14.1. The molecule has 124 valence electrons. The summed E-state index contributed by atoms with van der Waals surface area (Å²) in [5.41, 5.74) is 1.77. The number of aldehydes is 1. The van der Waals surface area contributed by atoms with E-state index in [0.29, 0.717) is 36.1 Å². The summed E-state index contributed by atoms with van der Waals surface area (Å²) in [7, 11) is 4.63. The van der Waals surface area contributed by atoms with Crippen LogP contribution in [0, 0.1) is 12.7 Å². The maximum Gasteiger partial charge on any atom is 0.168 e. The highest BCUT2D eigenvalue weighted by atomic mass is 19.1. The molecule has 6 heteroatoms. The average molecular weight is 320 g/mol. The first kappa shape index (κ1) is 18.7. The Labute approximate surface area is 135 Å². The third-order valence-electron chi connectivity index (χ3n) is 3.01. The van der Waals surface area contributed by atoms with Crippen LogP contribution < -0.4 is 4.74 Å². The summed E-state index contributed by atoms with van der Waals surface area (Å²) in [5.74, 6) is 0.362. The number of carbonyl (C=O) groups is 1. The van der Waals surface area contributed by atoms with E-state index in [1.165, 1.54) is 13.2 Å². The number of methoxy groups -OCH3 is 2. The Morgan fingerprint density at radius 1 is 1.13 bits per heavy atom. The molecule has 5 nitrogen and oxygen atoms in total. The molecule has 0 spiro atoms. The smallest absolute Gasteiger partial charge is 0.168 e. The van der Waals surface area contributed by atoms with Crippen LogP contribution >= 0.6 is 0 Å². The Morgan fingerprint density at radius 2 is 1.74 bits per heavy atom. The quantitative estimate of drug-likeness (QED) is 0.793. The first-order valence-electron chi connectivity index (χ1n) is 7.04. The minimum Gasteiger partial charge on any atom is -0.494 e. The number of aryl methyl sites for hydroxylation is 3. The lowest BCUT2D eigenvalue weighted by atomic mass is 10.0. The zero-order chi connectivity index (χ0) is 17.2. The molecule has 23 heavy (non-hydrogen) atoms. The largest absolute Gasteiger partial charge is 0.494 e. The predicted octanol–water partition coefficient (Wildman–Crippen LogP) is 2.79. The van der Waals surface area contributed by atoms with Crippen molar-refractivity contribution >= 4 is 6.29 Å². The molecule has 1 aromatic carbocycles. The fraction of sp³-hybridized carbons (Fsp3) is 0.353. The van der Waals surface area contributed by atoms with Crippen molar-refractivity contribution in [2.75, 3.05) is 21.3 Å². The van der Waals surface area contributed by atoms with E-state index in [4.69, 9.17) is 4.74 Å². The van der Waals surface area contributed by atoms with Gasteiger partial charge in [-0.05, 0) is 43.0 Å². The van der Waals surface area contributed by atoms with Crippen LogP contribution in [-0.4, -0.2) is 37.6 Å². The van der Waals surface area contributed by atoms with Crippen molar-refractivity contribution in [2.24, 2.45) is 0 Å². The van der Waals surface area contributed by atoms with Gasteiger partial charge in [0, 0.05) is 32.2 Å². The zero-order valence-corrected chi connectivity index (χ0v) is 13.8. The molecule has 0 bridgehead atoms. The van der Waals surface area contributed by atoms with Gasteiger partial charge in [0.2, 0.25) is 0 Å². The lowest BCUT2D eigenvalue weighted by Crippen LogP contribution is -2.01. The van der Waals surface area contributed by atoms with Gasteiger partial charge < -0.3 is 9.47 Å². The van der Waals surface area contributed by atoms with E-state index in [1.807, 2.05) is 6.92 Å². The first-order chi connectivity index (χ1) is 11.0. The molecule has 0 aliphatic rings. The maximum absolute atomic E-state index is 14.1. The van der Waals surface area contributed by atoms with Crippen molar-refractivity contribution in [2.45, 2.75) is 19.8 Å². The van der Waals surface area contributed by atoms with Gasteiger partial charge in [0.1, 0.15) is 12.1 Å². The Morgan fingerprint density at radius 3 is 2.26 bits per heavy atom. The van der Waals surface area contributed by atoms with E-state index in [9.17, 15) is 9.18 Å². The summed E-state index contributed by atoms with van der Waals surface area (Å²) in [6.07, 6.45) is 5.18. The summed E-state index contributed by atoms with van der Waals surface area (Å²) < 4.78 is 23.3. The number of benzene rings is 1. The van der Waals surface area contributed by atoms with Crippen LogP contribution in [0.2, 0.25) is 0 Å². The van der Waals surface area contributed by atoms with Gasteiger partial charge in [-0.3, -0.25) is 4.79 Å². The van der Waals surface area contributed by atoms with Gasteiger partial charge >= 0.3 is 0 Å². The normalized spacial score (nSPS) is 9.78. The van der Waals surface area contributed by atoms with Crippen molar-refractivity contribution in [3.8, 4) is 5.75 Å². The van der Waals surface area contributed by atoms with E-state index in [-0.39, 0.29) is 5.75 Å². The van der Waals surface area contributed by atoms with Crippen LogP contribution in [0.4, 0.5) is 4.39 Å². The third kappa shape index (κ3) is 5.75. The van der Waals surface area contributed by atoms with Gasteiger partial charge in [0.05, 0.1) is 7.11 Å². The molecule has 0 saturated carbocycles. The van der Waals surface area contributed by atoms with Crippen LogP contribution in [0.3, 0.4) is 0 Å². The molecule has 0 aliphatic carbocycles.